The predicted octanol–water partition coefficient (Wildman–Crippen LogP) is -1.44. The third kappa shape index (κ3) is 3.67. The number of carboxylic acids is 1. The number of piperidine rings is 1. The van der Waals surface area contributed by atoms with E-state index in [1.165, 1.54) is 0 Å². The van der Waals surface area contributed by atoms with Gasteiger partial charge < -0.3 is 26.2 Å². The summed E-state index contributed by atoms with van der Waals surface area (Å²) in [6, 6.07) is -0.221. The van der Waals surface area contributed by atoms with Gasteiger partial charge in [0.15, 0.2) is 6.10 Å². The molecule has 92 valence electrons. The average molecular weight is 231 g/mol. The number of aliphatic carboxylic acids is 1. The monoisotopic (exact) mass is 231 g/mol. The summed E-state index contributed by atoms with van der Waals surface area (Å²) >= 11 is 0. The van der Waals surface area contributed by atoms with Crippen molar-refractivity contribution in [2.24, 2.45) is 5.73 Å². The molecule has 0 unspecified atom stereocenters. The maximum Gasteiger partial charge on any atom is 0.334 e. The van der Waals surface area contributed by atoms with E-state index in [0.717, 1.165) is 12.8 Å². The van der Waals surface area contributed by atoms with Crippen molar-refractivity contribution in [3.8, 4) is 0 Å². The molecule has 16 heavy (non-hydrogen) atoms. The van der Waals surface area contributed by atoms with Gasteiger partial charge in [-0.25, -0.2) is 9.59 Å². The first-order chi connectivity index (χ1) is 7.50. The molecule has 7 heteroatoms. The number of rotatable bonds is 3. The molecule has 0 aromatic rings. The maximum absolute atomic E-state index is 11.5. The van der Waals surface area contributed by atoms with E-state index in [0.29, 0.717) is 13.1 Å². The first kappa shape index (κ1) is 12.7. The van der Waals surface area contributed by atoms with Crippen molar-refractivity contribution in [1.82, 2.24) is 10.2 Å². The highest BCUT2D eigenvalue weighted by atomic mass is 16.4. The molecule has 1 heterocycles. The van der Waals surface area contributed by atoms with Crippen molar-refractivity contribution >= 4 is 12.0 Å². The van der Waals surface area contributed by atoms with Gasteiger partial charge in [-0.05, 0) is 12.8 Å². The first-order valence-corrected chi connectivity index (χ1v) is 5.20. The number of aliphatic hydroxyl groups is 1. The van der Waals surface area contributed by atoms with E-state index >= 15 is 0 Å². The van der Waals surface area contributed by atoms with Crippen LogP contribution in [0.25, 0.3) is 0 Å². The van der Waals surface area contributed by atoms with Crippen molar-refractivity contribution in [2.75, 3.05) is 19.6 Å². The van der Waals surface area contributed by atoms with Gasteiger partial charge in [-0.3, -0.25) is 0 Å². The zero-order valence-corrected chi connectivity index (χ0v) is 8.93. The van der Waals surface area contributed by atoms with Gasteiger partial charge in [0, 0.05) is 19.1 Å². The zero-order valence-electron chi connectivity index (χ0n) is 8.93. The first-order valence-electron chi connectivity index (χ1n) is 5.20. The fraction of sp³-hybridized carbons (Fsp3) is 0.778. The number of hydrogen-bond acceptors (Lipinski definition) is 4. The summed E-state index contributed by atoms with van der Waals surface area (Å²) in [6.45, 7) is 0.850. The normalized spacial score (nSPS) is 19.2. The maximum atomic E-state index is 11.5. The lowest BCUT2D eigenvalue weighted by atomic mass is 10.1. The molecule has 0 spiro atoms. The molecule has 0 aromatic heterocycles. The minimum Gasteiger partial charge on any atom is -0.479 e. The molecule has 1 fully saturated rings. The van der Waals surface area contributed by atoms with E-state index in [1.807, 2.05) is 0 Å². The molecule has 5 N–H and O–H groups in total. The molecule has 0 radical (unpaired) electrons. The van der Waals surface area contributed by atoms with Crippen molar-refractivity contribution in [1.29, 1.82) is 0 Å². The van der Waals surface area contributed by atoms with E-state index in [2.05, 4.69) is 5.32 Å². The topological polar surface area (TPSA) is 116 Å². The number of nitrogens with two attached hydrogens (primary N) is 1. The fourth-order valence-electron chi connectivity index (χ4n) is 1.49. The van der Waals surface area contributed by atoms with Gasteiger partial charge in [-0.2, -0.15) is 0 Å². The van der Waals surface area contributed by atoms with E-state index in [1.54, 1.807) is 4.90 Å². The van der Waals surface area contributed by atoms with Gasteiger partial charge in [-0.1, -0.05) is 0 Å². The van der Waals surface area contributed by atoms with Crippen LogP contribution in [0.2, 0.25) is 0 Å². The van der Waals surface area contributed by atoms with Crippen LogP contribution in [0.5, 0.6) is 0 Å². The highest BCUT2D eigenvalue weighted by molar-refractivity contribution is 5.76. The molecule has 1 atom stereocenters. The van der Waals surface area contributed by atoms with E-state index < -0.39 is 12.1 Å². The van der Waals surface area contributed by atoms with Crippen molar-refractivity contribution in [3.05, 3.63) is 0 Å². The van der Waals surface area contributed by atoms with Crippen molar-refractivity contribution in [3.63, 3.8) is 0 Å². The van der Waals surface area contributed by atoms with Gasteiger partial charge >= 0.3 is 12.0 Å². The third-order valence-electron chi connectivity index (χ3n) is 2.56. The average Bonchev–Trinajstić information content (AvgIpc) is 2.26. The summed E-state index contributed by atoms with van der Waals surface area (Å²) < 4.78 is 0. The Balaban J connectivity index is 2.27. The number of carbonyl (C=O) groups excluding carboxylic acids is 1. The Morgan fingerprint density at radius 3 is 2.50 bits per heavy atom. The smallest absolute Gasteiger partial charge is 0.334 e. The molecule has 0 aromatic carbocycles. The zero-order chi connectivity index (χ0) is 12.1. The number of carbonyl (C=O) groups is 2. The van der Waals surface area contributed by atoms with Gasteiger partial charge in [-0.15, -0.1) is 0 Å². The summed E-state index contributed by atoms with van der Waals surface area (Å²) in [7, 11) is 0. The second-order valence-corrected chi connectivity index (χ2v) is 3.86. The molecule has 1 aliphatic rings. The summed E-state index contributed by atoms with van der Waals surface area (Å²) in [4.78, 5) is 23.4. The lowest BCUT2D eigenvalue weighted by Gasteiger charge is -2.30. The summed E-state index contributed by atoms with van der Waals surface area (Å²) in [5, 5.41) is 19.7. The highest BCUT2D eigenvalue weighted by Gasteiger charge is 2.21. The molecule has 1 aliphatic heterocycles. The molecule has 0 bridgehead atoms. The second kappa shape index (κ2) is 5.66. The number of hydrogen-bond donors (Lipinski definition) is 4. The van der Waals surface area contributed by atoms with Gasteiger partial charge in [0.2, 0.25) is 0 Å². The van der Waals surface area contributed by atoms with Crippen LogP contribution in [-0.4, -0.2) is 58.9 Å². The molecular weight excluding hydrogens is 214 g/mol. The Morgan fingerprint density at radius 1 is 1.44 bits per heavy atom. The van der Waals surface area contributed by atoms with Gasteiger partial charge in [0.1, 0.15) is 0 Å². The number of nitrogens with zero attached hydrogens (tertiary/aromatic N) is 1. The van der Waals surface area contributed by atoms with Crippen molar-refractivity contribution < 1.29 is 19.8 Å². The Morgan fingerprint density at radius 2 is 2.00 bits per heavy atom. The Hall–Kier alpha value is -1.34. The second-order valence-electron chi connectivity index (χ2n) is 3.86. The Bertz CT molecular complexity index is 263. The number of urea groups is 1. The van der Waals surface area contributed by atoms with E-state index in [9.17, 15) is 9.59 Å². The molecular formula is C9H17N3O4. The van der Waals surface area contributed by atoms with Crippen LogP contribution >= 0.6 is 0 Å². The number of carboxylic acid groups (broad SMARTS) is 1. The number of nitrogens with one attached hydrogen (secondary N) is 1. The molecule has 1 rings (SSSR count). The number of likely N-dealkylation sites (tertiary alicyclic amines) is 1. The summed E-state index contributed by atoms with van der Waals surface area (Å²) in [5.41, 5.74) is 5.68. The lowest BCUT2D eigenvalue weighted by Crippen LogP contribution is -2.49. The highest BCUT2D eigenvalue weighted by Crippen LogP contribution is 2.07. The molecule has 1 saturated heterocycles. The number of aliphatic hydroxyl groups excluding tert-OH is 1. The standard InChI is InChI=1S/C9H17N3O4/c10-6-1-3-12(4-2-6)9(16)11-5-7(13)8(14)15/h6-7,13H,1-5,10H2,(H,11,16)(H,14,15)/t7-/m0/s1. The van der Waals surface area contributed by atoms with Crippen LogP contribution in [-0.2, 0) is 4.79 Å². The minimum absolute atomic E-state index is 0.133. The molecule has 7 nitrogen and oxygen atoms in total. The summed E-state index contributed by atoms with van der Waals surface area (Å²) in [6.07, 6.45) is -0.0694. The summed E-state index contributed by atoms with van der Waals surface area (Å²) in [5.74, 6) is -1.35. The Kier molecular flexibility index (Phi) is 4.51. The fourth-order valence-corrected chi connectivity index (χ4v) is 1.49. The molecule has 0 aliphatic carbocycles. The third-order valence-corrected chi connectivity index (χ3v) is 2.56. The Labute approximate surface area is 93.2 Å². The predicted molar refractivity (Wildman–Crippen MR) is 55.8 cm³/mol. The molecule has 2 amide bonds. The van der Waals surface area contributed by atoms with Gasteiger partial charge in [0.25, 0.3) is 0 Å². The van der Waals surface area contributed by atoms with E-state index in [-0.39, 0.29) is 18.6 Å². The SMILES string of the molecule is NC1CCN(C(=O)NC[C@H](O)C(=O)O)CC1. The van der Waals surface area contributed by atoms with Crippen LogP contribution in [0.15, 0.2) is 0 Å². The van der Waals surface area contributed by atoms with E-state index in [4.69, 9.17) is 15.9 Å². The number of amides is 2. The van der Waals surface area contributed by atoms with Gasteiger partial charge in [0.05, 0.1) is 6.54 Å². The lowest BCUT2D eigenvalue weighted by molar-refractivity contribution is -0.146. The van der Waals surface area contributed by atoms with Crippen LogP contribution in [0.1, 0.15) is 12.8 Å². The quantitative estimate of drug-likeness (QED) is 0.475. The van der Waals surface area contributed by atoms with Crippen LogP contribution in [0, 0.1) is 0 Å². The molecule has 0 saturated carbocycles. The minimum atomic E-state index is -1.56. The van der Waals surface area contributed by atoms with Crippen molar-refractivity contribution in [2.45, 2.75) is 25.0 Å². The van der Waals surface area contributed by atoms with Crippen LogP contribution in [0.4, 0.5) is 4.79 Å². The van der Waals surface area contributed by atoms with Crippen LogP contribution in [0.3, 0.4) is 0 Å². The largest absolute Gasteiger partial charge is 0.479 e. The van der Waals surface area contributed by atoms with Crippen LogP contribution < -0.4 is 11.1 Å².